The molecule has 0 atom stereocenters. The standard InChI is InChI=1S/C13H19NO2/c1-4-7-10-14(11-8-5-2)13(15)16-12-9-6-3/h6,9-12H2,1-3H3. The minimum absolute atomic E-state index is 0.334. The zero-order valence-corrected chi connectivity index (χ0v) is 10.3. The van der Waals surface area contributed by atoms with Gasteiger partial charge < -0.3 is 4.74 Å². The average molecular weight is 221 g/mol. The highest BCUT2D eigenvalue weighted by atomic mass is 16.6. The molecule has 0 aromatic rings. The predicted octanol–water partition coefficient (Wildman–Crippen LogP) is 2.27. The van der Waals surface area contributed by atoms with Gasteiger partial charge in [0, 0.05) is 0 Å². The summed E-state index contributed by atoms with van der Waals surface area (Å²) in [5.41, 5.74) is 0. The lowest BCUT2D eigenvalue weighted by atomic mass is 10.4. The van der Waals surface area contributed by atoms with Gasteiger partial charge in [0.25, 0.3) is 0 Å². The summed E-state index contributed by atoms with van der Waals surface area (Å²) in [6.45, 7) is 6.74. The Hall–Kier alpha value is -1.61. The molecule has 3 nitrogen and oxygen atoms in total. The number of amides is 1. The van der Waals surface area contributed by atoms with E-state index in [0.717, 1.165) is 12.8 Å². The summed E-state index contributed by atoms with van der Waals surface area (Å²) < 4.78 is 5.09. The van der Waals surface area contributed by atoms with Crippen LogP contribution in [0.1, 0.15) is 33.6 Å². The Bertz CT molecular complexity index is 292. The molecule has 1 amide bonds. The van der Waals surface area contributed by atoms with Crippen molar-refractivity contribution in [1.29, 1.82) is 0 Å². The van der Waals surface area contributed by atoms with Gasteiger partial charge in [0.2, 0.25) is 0 Å². The van der Waals surface area contributed by atoms with Crippen molar-refractivity contribution < 1.29 is 9.53 Å². The second kappa shape index (κ2) is 9.93. The van der Waals surface area contributed by atoms with Gasteiger partial charge in [-0.15, -0.1) is 11.8 Å². The van der Waals surface area contributed by atoms with Crippen molar-refractivity contribution in [2.24, 2.45) is 0 Å². The van der Waals surface area contributed by atoms with Crippen LogP contribution in [0, 0.1) is 23.7 Å². The Morgan fingerprint density at radius 3 is 2.19 bits per heavy atom. The molecule has 0 saturated carbocycles. The smallest absolute Gasteiger partial charge is 0.411 e. The lowest BCUT2D eigenvalue weighted by molar-refractivity contribution is 0.110. The zero-order chi connectivity index (χ0) is 12.2. The van der Waals surface area contributed by atoms with Crippen molar-refractivity contribution in [1.82, 2.24) is 4.90 Å². The summed E-state index contributed by atoms with van der Waals surface area (Å²) in [5.74, 6) is 11.2. The third-order valence-electron chi connectivity index (χ3n) is 1.88. The van der Waals surface area contributed by atoms with Crippen LogP contribution >= 0.6 is 0 Å². The van der Waals surface area contributed by atoms with E-state index < -0.39 is 0 Å². The maximum atomic E-state index is 11.6. The lowest BCUT2D eigenvalue weighted by Gasteiger charge is -2.16. The molecule has 0 spiro atoms. The monoisotopic (exact) mass is 221 g/mol. The molecule has 0 unspecified atom stereocenters. The fourth-order valence-corrected chi connectivity index (χ4v) is 0.929. The molecular weight excluding hydrogens is 202 g/mol. The number of carbonyl (C=O) groups is 1. The quantitative estimate of drug-likeness (QED) is 0.526. The second-order valence-electron chi connectivity index (χ2n) is 3.18. The summed E-state index contributed by atoms with van der Waals surface area (Å²) in [6, 6.07) is 0. The fourth-order valence-electron chi connectivity index (χ4n) is 0.929. The van der Waals surface area contributed by atoms with Crippen LogP contribution in [0.2, 0.25) is 0 Å². The lowest BCUT2D eigenvalue weighted by Crippen LogP contribution is -2.32. The van der Waals surface area contributed by atoms with Gasteiger partial charge in [0.1, 0.15) is 0 Å². The highest BCUT2D eigenvalue weighted by molar-refractivity contribution is 5.68. The van der Waals surface area contributed by atoms with Crippen molar-refractivity contribution in [2.75, 3.05) is 19.7 Å². The van der Waals surface area contributed by atoms with E-state index in [-0.39, 0.29) is 6.09 Å². The number of rotatable bonds is 5. The van der Waals surface area contributed by atoms with Crippen LogP contribution in [-0.2, 0) is 4.74 Å². The van der Waals surface area contributed by atoms with Gasteiger partial charge in [-0.05, 0) is 20.3 Å². The summed E-state index contributed by atoms with van der Waals surface area (Å²) >= 11 is 0. The normalized spacial score (nSPS) is 8.19. The number of hydrogen-bond donors (Lipinski definition) is 0. The third-order valence-corrected chi connectivity index (χ3v) is 1.88. The van der Waals surface area contributed by atoms with E-state index >= 15 is 0 Å². The molecule has 0 N–H and O–H groups in total. The molecule has 88 valence electrons. The van der Waals surface area contributed by atoms with Crippen molar-refractivity contribution >= 4 is 6.09 Å². The molecule has 0 aromatic carbocycles. The molecule has 0 heterocycles. The molecule has 0 aliphatic heterocycles. The van der Waals surface area contributed by atoms with Crippen LogP contribution in [-0.4, -0.2) is 30.7 Å². The predicted molar refractivity (Wildman–Crippen MR) is 64.7 cm³/mol. The average Bonchev–Trinajstić information content (AvgIpc) is 2.29. The molecule has 0 radical (unpaired) electrons. The van der Waals surface area contributed by atoms with E-state index in [1.165, 1.54) is 4.90 Å². The molecule has 0 rings (SSSR count). The van der Waals surface area contributed by atoms with Crippen molar-refractivity contribution in [3.63, 3.8) is 0 Å². The van der Waals surface area contributed by atoms with Crippen LogP contribution in [0.4, 0.5) is 4.79 Å². The molecule has 3 heteroatoms. The molecule has 0 saturated heterocycles. The molecule has 0 aromatic heterocycles. The summed E-state index contributed by atoms with van der Waals surface area (Å²) in [6.07, 6.45) is 1.56. The van der Waals surface area contributed by atoms with E-state index in [1.807, 2.05) is 0 Å². The van der Waals surface area contributed by atoms with Crippen LogP contribution in [0.15, 0.2) is 0 Å². The van der Waals surface area contributed by atoms with Gasteiger partial charge in [-0.2, -0.15) is 0 Å². The van der Waals surface area contributed by atoms with Crippen molar-refractivity contribution in [3.05, 3.63) is 0 Å². The van der Waals surface area contributed by atoms with Gasteiger partial charge in [-0.25, -0.2) is 4.79 Å². The third kappa shape index (κ3) is 6.79. The molecule has 0 bridgehead atoms. The first-order chi connectivity index (χ1) is 7.76. The van der Waals surface area contributed by atoms with Crippen molar-refractivity contribution in [2.45, 2.75) is 33.6 Å². The van der Waals surface area contributed by atoms with E-state index in [0.29, 0.717) is 19.7 Å². The minimum Gasteiger partial charge on any atom is -0.449 e. The van der Waals surface area contributed by atoms with E-state index in [9.17, 15) is 4.79 Å². The molecule has 0 fully saturated rings. The van der Waals surface area contributed by atoms with Crippen LogP contribution in [0.5, 0.6) is 0 Å². The largest absolute Gasteiger partial charge is 0.449 e. The molecular formula is C13H19NO2. The fraction of sp³-hybridized carbons (Fsp3) is 0.615. The van der Waals surface area contributed by atoms with Crippen LogP contribution < -0.4 is 0 Å². The zero-order valence-electron chi connectivity index (χ0n) is 10.3. The maximum Gasteiger partial charge on any atom is 0.411 e. The maximum absolute atomic E-state index is 11.6. The molecule has 0 aliphatic carbocycles. The molecule has 16 heavy (non-hydrogen) atoms. The van der Waals surface area contributed by atoms with Crippen LogP contribution in [0.3, 0.4) is 0 Å². The topological polar surface area (TPSA) is 29.5 Å². The highest BCUT2D eigenvalue weighted by Crippen LogP contribution is 1.96. The Kier molecular flexibility index (Phi) is 8.93. The van der Waals surface area contributed by atoms with Crippen molar-refractivity contribution in [3.8, 4) is 23.7 Å². The van der Waals surface area contributed by atoms with E-state index in [1.54, 1.807) is 13.8 Å². The highest BCUT2D eigenvalue weighted by Gasteiger charge is 2.11. The first-order valence-electron chi connectivity index (χ1n) is 5.47. The number of carbonyl (C=O) groups excluding carboxylic acids is 1. The van der Waals surface area contributed by atoms with Crippen LogP contribution in [0.25, 0.3) is 0 Å². The van der Waals surface area contributed by atoms with Gasteiger partial charge >= 0.3 is 6.09 Å². The summed E-state index contributed by atoms with van der Waals surface area (Å²) in [5, 5.41) is 0. The minimum atomic E-state index is -0.334. The Balaban J connectivity index is 4.16. The van der Waals surface area contributed by atoms with E-state index in [2.05, 4.69) is 30.6 Å². The number of ether oxygens (including phenoxy) is 1. The number of nitrogens with zero attached hydrogens (tertiary/aromatic N) is 1. The summed E-state index contributed by atoms with van der Waals surface area (Å²) in [4.78, 5) is 13.1. The SMILES string of the molecule is CC#CCN(CC#CC)C(=O)OCCCC. The van der Waals surface area contributed by atoms with Gasteiger partial charge in [0.05, 0.1) is 19.7 Å². The summed E-state index contributed by atoms with van der Waals surface area (Å²) in [7, 11) is 0. The Morgan fingerprint density at radius 1 is 1.19 bits per heavy atom. The Morgan fingerprint density at radius 2 is 1.75 bits per heavy atom. The van der Waals surface area contributed by atoms with E-state index in [4.69, 9.17) is 4.74 Å². The Labute approximate surface area is 98.2 Å². The molecule has 0 aliphatic rings. The first kappa shape index (κ1) is 14.4. The first-order valence-corrected chi connectivity index (χ1v) is 5.47. The number of hydrogen-bond acceptors (Lipinski definition) is 2. The van der Waals surface area contributed by atoms with Gasteiger partial charge in [-0.1, -0.05) is 25.2 Å². The second-order valence-corrected chi connectivity index (χ2v) is 3.18. The van der Waals surface area contributed by atoms with Gasteiger partial charge in [0.15, 0.2) is 0 Å². The number of unbranched alkanes of at least 4 members (excludes halogenated alkanes) is 1. The van der Waals surface area contributed by atoms with Gasteiger partial charge in [-0.3, -0.25) is 4.90 Å².